The van der Waals surface area contributed by atoms with E-state index in [1.165, 1.54) is 11.4 Å². The summed E-state index contributed by atoms with van der Waals surface area (Å²) in [4.78, 5) is 8.56. The summed E-state index contributed by atoms with van der Waals surface area (Å²) in [6.45, 7) is 18.0. The van der Waals surface area contributed by atoms with Crippen LogP contribution in [0.4, 0.5) is 0 Å². The molecule has 1 N–H and O–H groups in total. The molecule has 0 bridgehead atoms. The van der Waals surface area contributed by atoms with Crippen LogP contribution in [-0.2, 0) is 10.8 Å². The third-order valence-electron chi connectivity index (χ3n) is 4.07. The molecule has 0 amide bonds. The molecule has 0 aliphatic carbocycles. The van der Waals surface area contributed by atoms with E-state index in [0.29, 0.717) is 5.92 Å². The van der Waals surface area contributed by atoms with Gasteiger partial charge in [-0.2, -0.15) is 0 Å². The molecule has 0 saturated carbocycles. The van der Waals surface area contributed by atoms with Crippen molar-refractivity contribution < 1.29 is 0 Å². The molecule has 1 aromatic heterocycles. The Hall–Kier alpha value is -0.790. The first-order valence-electron chi connectivity index (χ1n) is 7.24. The summed E-state index contributed by atoms with van der Waals surface area (Å²) in [7, 11) is 0. The van der Waals surface area contributed by atoms with Crippen molar-refractivity contribution in [2.45, 2.75) is 85.0 Å². The van der Waals surface area contributed by atoms with Gasteiger partial charge in [-0.1, -0.05) is 55.4 Å². The molecule has 1 unspecified atom stereocenters. The number of H-pyrrole nitrogens is 1. The first kappa shape index (κ1) is 15.3. The van der Waals surface area contributed by atoms with Crippen molar-refractivity contribution in [1.82, 2.24) is 9.97 Å². The number of rotatable bonds is 4. The molecular formula is C16H30N2. The lowest BCUT2D eigenvalue weighted by atomic mass is 9.87. The van der Waals surface area contributed by atoms with Gasteiger partial charge in [-0.3, -0.25) is 0 Å². The largest absolute Gasteiger partial charge is 0.345 e. The van der Waals surface area contributed by atoms with Gasteiger partial charge in [-0.05, 0) is 18.8 Å². The van der Waals surface area contributed by atoms with Gasteiger partial charge in [0.1, 0.15) is 5.82 Å². The number of nitrogens with zero attached hydrogens (tertiary/aromatic N) is 1. The number of nitrogens with one attached hydrogen (secondary N) is 1. The van der Waals surface area contributed by atoms with Crippen molar-refractivity contribution in [1.29, 1.82) is 0 Å². The second-order valence-corrected chi connectivity index (χ2v) is 7.14. The summed E-state index contributed by atoms with van der Waals surface area (Å²) in [6.07, 6.45) is 2.25. The second kappa shape index (κ2) is 5.07. The third-order valence-corrected chi connectivity index (χ3v) is 4.07. The van der Waals surface area contributed by atoms with Crippen LogP contribution in [0.1, 0.15) is 91.4 Å². The highest BCUT2D eigenvalue weighted by Crippen LogP contribution is 2.34. The zero-order valence-electron chi connectivity index (χ0n) is 13.4. The number of imidazole rings is 1. The number of aromatic nitrogens is 2. The summed E-state index contributed by atoms with van der Waals surface area (Å²) in [5.41, 5.74) is 2.82. The molecule has 0 radical (unpaired) electrons. The Balaban J connectivity index is 3.33. The lowest BCUT2D eigenvalue weighted by molar-refractivity contribution is 0.472. The van der Waals surface area contributed by atoms with E-state index in [9.17, 15) is 0 Å². The first-order valence-corrected chi connectivity index (χ1v) is 7.24. The smallest absolute Gasteiger partial charge is 0.112 e. The van der Waals surface area contributed by atoms with Crippen LogP contribution in [0.5, 0.6) is 0 Å². The Morgan fingerprint density at radius 2 is 1.67 bits per heavy atom. The SMILES string of the molecule is CCC(C)c1[nH]c(C(C)(C)CC)nc1C(C)(C)C. The van der Waals surface area contributed by atoms with Crippen LogP contribution in [0, 0.1) is 0 Å². The average molecular weight is 250 g/mol. The Morgan fingerprint density at radius 1 is 1.11 bits per heavy atom. The maximum absolute atomic E-state index is 4.94. The van der Waals surface area contributed by atoms with Crippen molar-refractivity contribution in [2.24, 2.45) is 0 Å². The predicted molar refractivity (Wildman–Crippen MR) is 79.3 cm³/mol. The van der Waals surface area contributed by atoms with Crippen LogP contribution in [0.15, 0.2) is 0 Å². The van der Waals surface area contributed by atoms with Crippen LogP contribution in [0.3, 0.4) is 0 Å². The highest BCUT2D eigenvalue weighted by molar-refractivity contribution is 5.27. The van der Waals surface area contributed by atoms with Crippen LogP contribution in [0.2, 0.25) is 0 Å². The van der Waals surface area contributed by atoms with Gasteiger partial charge in [-0.15, -0.1) is 0 Å². The van der Waals surface area contributed by atoms with Crippen LogP contribution in [0.25, 0.3) is 0 Å². The molecule has 0 aromatic carbocycles. The van der Waals surface area contributed by atoms with Crippen LogP contribution in [-0.4, -0.2) is 9.97 Å². The molecule has 0 aliphatic heterocycles. The van der Waals surface area contributed by atoms with E-state index in [0.717, 1.165) is 18.7 Å². The highest BCUT2D eigenvalue weighted by Gasteiger charge is 2.29. The molecule has 0 saturated heterocycles. The van der Waals surface area contributed by atoms with Gasteiger partial charge in [0.25, 0.3) is 0 Å². The molecule has 1 atom stereocenters. The van der Waals surface area contributed by atoms with E-state index < -0.39 is 0 Å². The van der Waals surface area contributed by atoms with E-state index in [1.54, 1.807) is 0 Å². The van der Waals surface area contributed by atoms with E-state index in [-0.39, 0.29) is 10.8 Å². The van der Waals surface area contributed by atoms with Crippen molar-refractivity contribution in [3.8, 4) is 0 Å². The van der Waals surface area contributed by atoms with Gasteiger partial charge in [-0.25, -0.2) is 4.98 Å². The Bertz CT molecular complexity index is 394. The van der Waals surface area contributed by atoms with Gasteiger partial charge in [0, 0.05) is 16.5 Å². The molecule has 104 valence electrons. The van der Waals surface area contributed by atoms with E-state index >= 15 is 0 Å². The molecule has 1 aromatic rings. The molecule has 0 spiro atoms. The molecule has 0 aliphatic rings. The van der Waals surface area contributed by atoms with Crippen LogP contribution < -0.4 is 0 Å². The zero-order valence-corrected chi connectivity index (χ0v) is 13.4. The van der Waals surface area contributed by atoms with Crippen molar-refractivity contribution in [3.05, 3.63) is 17.2 Å². The van der Waals surface area contributed by atoms with E-state index in [2.05, 4.69) is 60.4 Å². The molecule has 2 heteroatoms. The first-order chi connectivity index (χ1) is 8.13. The summed E-state index contributed by atoms with van der Waals surface area (Å²) < 4.78 is 0. The Morgan fingerprint density at radius 3 is 2.06 bits per heavy atom. The minimum Gasteiger partial charge on any atom is -0.345 e. The van der Waals surface area contributed by atoms with E-state index in [1.807, 2.05) is 0 Å². The Labute approximate surface area is 113 Å². The fourth-order valence-electron chi connectivity index (χ4n) is 2.01. The average Bonchev–Trinajstić information content (AvgIpc) is 2.73. The van der Waals surface area contributed by atoms with Crippen molar-refractivity contribution in [3.63, 3.8) is 0 Å². The van der Waals surface area contributed by atoms with Crippen molar-refractivity contribution >= 4 is 0 Å². The van der Waals surface area contributed by atoms with Gasteiger partial charge in [0.05, 0.1) is 5.69 Å². The minimum atomic E-state index is 0.108. The molecule has 2 nitrogen and oxygen atoms in total. The fraction of sp³-hybridized carbons (Fsp3) is 0.812. The van der Waals surface area contributed by atoms with Gasteiger partial charge >= 0.3 is 0 Å². The summed E-state index contributed by atoms with van der Waals surface area (Å²) in [5.74, 6) is 1.69. The summed E-state index contributed by atoms with van der Waals surface area (Å²) in [6, 6.07) is 0. The maximum atomic E-state index is 4.94. The zero-order chi connectivity index (χ0) is 14.1. The number of hydrogen-bond acceptors (Lipinski definition) is 1. The lowest BCUT2D eigenvalue weighted by Gasteiger charge is -2.20. The monoisotopic (exact) mass is 250 g/mol. The Kier molecular flexibility index (Phi) is 4.30. The quantitative estimate of drug-likeness (QED) is 0.808. The highest BCUT2D eigenvalue weighted by atomic mass is 15.0. The standard InChI is InChI=1S/C16H30N2/c1-9-11(3)12-13(15(4,5)6)18-14(17-12)16(7,8)10-2/h11H,9-10H2,1-8H3,(H,17,18). The van der Waals surface area contributed by atoms with Crippen molar-refractivity contribution in [2.75, 3.05) is 0 Å². The summed E-state index contributed by atoms with van der Waals surface area (Å²) in [5, 5.41) is 0. The lowest BCUT2D eigenvalue weighted by Crippen LogP contribution is -2.18. The number of aromatic amines is 1. The molecule has 0 fully saturated rings. The topological polar surface area (TPSA) is 28.7 Å². The van der Waals surface area contributed by atoms with E-state index in [4.69, 9.17) is 4.98 Å². The maximum Gasteiger partial charge on any atom is 0.112 e. The predicted octanol–water partition coefficient (Wildman–Crippen LogP) is 4.91. The van der Waals surface area contributed by atoms with Crippen LogP contribution >= 0.6 is 0 Å². The summed E-state index contributed by atoms with van der Waals surface area (Å²) >= 11 is 0. The molecule has 1 rings (SSSR count). The third kappa shape index (κ3) is 2.96. The van der Waals surface area contributed by atoms with Gasteiger partial charge in [0.2, 0.25) is 0 Å². The van der Waals surface area contributed by atoms with Gasteiger partial charge < -0.3 is 4.98 Å². The van der Waals surface area contributed by atoms with Gasteiger partial charge in [0.15, 0.2) is 0 Å². The normalized spacial score (nSPS) is 14.9. The molecule has 18 heavy (non-hydrogen) atoms. The second-order valence-electron chi connectivity index (χ2n) is 7.14. The minimum absolute atomic E-state index is 0.108. The molecule has 1 heterocycles. The fourth-order valence-corrected chi connectivity index (χ4v) is 2.01. The number of hydrogen-bond donors (Lipinski definition) is 1. The molecular weight excluding hydrogens is 220 g/mol.